The van der Waals surface area contributed by atoms with Gasteiger partial charge in [-0.05, 0) is 31.9 Å². The van der Waals surface area contributed by atoms with Crippen LogP contribution in [0.4, 0.5) is 0 Å². The highest BCUT2D eigenvalue weighted by molar-refractivity contribution is 6.06. The summed E-state index contributed by atoms with van der Waals surface area (Å²) in [6.07, 6.45) is 5.95. The van der Waals surface area contributed by atoms with Gasteiger partial charge in [0.25, 0.3) is 11.8 Å². The second kappa shape index (κ2) is 8.73. The van der Waals surface area contributed by atoms with E-state index < -0.39 is 0 Å². The van der Waals surface area contributed by atoms with Crippen molar-refractivity contribution in [2.75, 3.05) is 19.7 Å². The average Bonchev–Trinajstić information content (AvgIpc) is 3.36. The number of likely N-dealkylation sites (tertiary alicyclic amines) is 1. The number of imidazole rings is 1. The first-order chi connectivity index (χ1) is 16.0. The molecule has 4 heterocycles. The van der Waals surface area contributed by atoms with E-state index in [2.05, 4.69) is 21.2 Å². The van der Waals surface area contributed by atoms with Crippen LogP contribution in [0.3, 0.4) is 0 Å². The van der Waals surface area contributed by atoms with Crippen LogP contribution < -0.4 is 10.1 Å². The van der Waals surface area contributed by atoms with Crippen LogP contribution in [0.2, 0.25) is 0 Å². The second-order valence-corrected chi connectivity index (χ2v) is 8.50. The molecule has 1 aromatic carbocycles. The number of carbonyl (C=O) groups excluding carboxylic acids is 2. The zero-order valence-corrected chi connectivity index (χ0v) is 19.0. The van der Waals surface area contributed by atoms with Gasteiger partial charge in [0.1, 0.15) is 17.3 Å². The maximum atomic E-state index is 13.1. The summed E-state index contributed by atoms with van der Waals surface area (Å²) >= 11 is 0. The number of nitrogens with zero attached hydrogens (tertiary/aromatic N) is 5. The van der Waals surface area contributed by atoms with E-state index >= 15 is 0 Å². The fourth-order valence-electron chi connectivity index (χ4n) is 4.45. The molecule has 2 aliphatic rings. The maximum absolute atomic E-state index is 13.1. The molecule has 0 bridgehead atoms. The lowest BCUT2D eigenvalue weighted by Crippen LogP contribution is -2.44. The van der Waals surface area contributed by atoms with Gasteiger partial charge in [0, 0.05) is 50.9 Å². The summed E-state index contributed by atoms with van der Waals surface area (Å²) in [5.74, 6) is 1.34. The number of aromatic nitrogens is 4. The van der Waals surface area contributed by atoms with Crippen LogP contribution in [0.1, 0.15) is 46.4 Å². The van der Waals surface area contributed by atoms with Gasteiger partial charge in [0.05, 0.1) is 24.1 Å². The standard InChI is InChI=1S/C24H28N6O3/c1-3-33-20-8-5-4-7-17(20)19-15-30-12-9-16(13-21(30)27-19)26-23(31)22-18(14-25-28(22)2)24(32)29-10-6-11-29/h4-5,7-8,14-16H,3,6,9-13H2,1-2H3,(H,26,31)/t16-/m1/s1. The van der Waals surface area contributed by atoms with E-state index in [0.717, 1.165) is 55.3 Å². The molecule has 2 amide bonds. The maximum Gasteiger partial charge on any atom is 0.270 e. The predicted molar refractivity (Wildman–Crippen MR) is 122 cm³/mol. The normalized spacial score (nSPS) is 17.3. The fourth-order valence-corrected chi connectivity index (χ4v) is 4.45. The van der Waals surface area contributed by atoms with E-state index in [4.69, 9.17) is 9.72 Å². The van der Waals surface area contributed by atoms with E-state index in [0.29, 0.717) is 24.3 Å². The Morgan fingerprint density at radius 3 is 2.79 bits per heavy atom. The zero-order chi connectivity index (χ0) is 22.9. The van der Waals surface area contributed by atoms with Crippen LogP contribution in [0.5, 0.6) is 5.75 Å². The first-order valence-corrected chi connectivity index (χ1v) is 11.5. The van der Waals surface area contributed by atoms with Gasteiger partial charge >= 0.3 is 0 Å². The van der Waals surface area contributed by atoms with Crippen molar-refractivity contribution in [3.8, 4) is 17.0 Å². The summed E-state index contributed by atoms with van der Waals surface area (Å²) < 4.78 is 9.39. The van der Waals surface area contributed by atoms with Gasteiger partial charge in [0.15, 0.2) is 0 Å². The lowest BCUT2D eigenvalue weighted by Gasteiger charge is -2.30. The van der Waals surface area contributed by atoms with Gasteiger partial charge in [-0.3, -0.25) is 14.3 Å². The molecule has 3 aromatic rings. The van der Waals surface area contributed by atoms with Crippen molar-refractivity contribution >= 4 is 11.8 Å². The van der Waals surface area contributed by atoms with E-state index in [1.165, 1.54) is 10.9 Å². The molecule has 0 unspecified atom stereocenters. The lowest BCUT2D eigenvalue weighted by molar-refractivity contribution is 0.0646. The molecule has 0 saturated carbocycles. The number of benzene rings is 1. The van der Waals surface area contributed by atoms with E-state index in [1.54, 1.807) is 11.9 Å². The molecule has 9 heteroatoms. The lowest BCUT2D eigenvalue weighted by atomic mass is 10.1. The molecule has 1 saturated heterocycles. The molecule has 1 fully saturated rings. The van der Waals surface area contributed by atoms with Crippen molar-refractivity contribution in [3.05, 3.63) is 53.7 Å². The summed E-state index contributed by atoms with van der Waals surface area (Å²) in [5.41, 5.74) is 2.51. The van der Waals surface area contributed by atoms with Crippen LogP contribution in [0.15, 0.2) is 36.7 Å². The number of hydrogen-bond donors (Lipinski definition) is 1. The van der Waals surface area contributed by atoms with E-state index in [9.17, 15) is 9.59 Å². The zero-order valence-electron chi connectivity index (χ0n) is 19.0. The third-order valence-electron chi connectivity index (χ3n) is 6.33. The molecular weight excluding hydrogens is 420 g/mol. The smallest absolute Gasteiger partial charge is 0.270 e. The van der Waals surface area contributed by atoms with Crippen molar-refractivity contribution in [2.45, 2.75) is 38.8 Å². The number of hydrogen-bond acceptors (Lipinski definition) is 5. The monoisotopic (exact) mass is 448 g/mol. The number of fused-ring (bicyclic) bond motifs is 1. The number of amides is 2. The highest BCUT2D eigenvalue weighted by Gasteiger charge is 2.30. The van der Waals surface area contributed by atoms with Crippen molar-refractivity contribution in [3.63, 3.8) is 0 Å². The second-order valence-electron chi connectivity index (χ2n) is 8.50. The van der Waals surface area contributed by atoms with Gasteiger partial charge < -0.3 is 19.5 Å². The highest BCUT2D eigenvalue weighted by Crippen LogP contribution is 2.30. The molecule has 0 radical (unpaired) electrons. The molecule has 9 nitrogen and oxygen atoms in total. The molecule has 0 aliphatic carbocycles. The molecule has 5 rings (SSSR count). The van der Waals surface area contributed by atoms with Crippen LogP contribution in [0.25, 0.3) is 11.3 Å². The minimum Gasteiger partial charge on any atom is -0.493 e. The SMILES string of the molecule is CCOc1ccccc1-c1cn2c(n1)C[C@H](NC(=O)c1c(C(=O)N3CCC3)cnn1C)CC2. The Kier molecular flexibility index (Phi) is 5.62. The summed E-state index contributed by atoms with van der Waals surface area (Å²) in [7, 11) is 1.69. The summed E-state index contributed by atoms with van der Waals surface area (Å²) in [5, 5.41) is 7.27. The van der Waals surface area contributed by atoms with E-state index in [-0.39, 0.29) is 17.9 Å². The van der Waals surface area contributed by atoms with Gasteiger partial charge in [-0.15, -0.1) is 0 Å². The summed E-state index contributed by atoms with van der Waals surface area (Å²) in [6, 6.07) is 7.83. The number of nitrogens with one attached hydrogen (secondary N) is 1. The molecule has 172 valence electrons. The largest absolute Gasteiger partial charge is 0.493 e. The van der Waals surface area contributed by atoms with Crippen molar-refractivity contribution in [1.29, 1.82) is 0 Å². The van der Waals surface area contributed by atoms with Crippen molar-refractivity contribution in [2.24, 2.45) is 7.05 Å². The van der Waals surface area contributed by atoms with Crippen molar-refractivity contribution in [1.82, 2.24) is 29.5 Å². The van der Waals surface area contributed by atoms with Gasteiger partial charge in [-0.2, -0.15) is 5.10 Å². The average molecular weight is 449 g/mol. The van der Waals surface area contributed by atoms with Gasteiger partial charge in [-0.1, -0.05) is 12.1 Å². The topological polar surface area (TPSA) is 94.3 Å². The Labute approximate surface area is 192 Å². The van der Waals surface area contributed by atoms with Crippen LogP contribution >= 0.6 is 0 Å². The van der Waals surface area contributed by atoms with Gasteiger partial charge in [-0.25, -0.2) is 4.98 Å². The Morgan fingerprint density at radius 2 is 2.03 bits per heavy atom. The number of para-hydroxylation sites is 1. The highest BCUT2D eigenvalue weighted by atomic mass is 16.5. The third-order valence-corrected chi connectivity index (χ3v) is 6.33. The third kappa shape index (κ3) is 3.99. The molecule has 2 aliphatic heterocycles. The molecular formula is C24H28N6O3. The quantitative estimate of drug-likeness (QED) is 0.624. The first kappa shape index (κ1) is 21.2. The summed E-state index contributed by atoms with van der Waals surface area (Å²) in [6.45, 7) is 4.78. The van der Waals surface area contributed by atoms with Crippen LogP contribution in [-0.4, -0.2) is 61.8 Å². The molecule has 0 spiro atoms. The number of carbonyl (C=O) groups is 2. The van der Waals surface area contributed by atoms with Gasteiger partial charge in [0.2, 0.25) is 0 Å². The Hall–Kier alpha value is -3.62. The number of aryl methyl sites for hydroxylation is 2. The fraction of sp³-hybridized carbons (Fsp3) is 0.417. The number of ether oxygens (including phenoxy) is 1. The predicted octanol–water partition coefficient (Wildman–Crippen LogP) is 2.27. The molecule has 33 heavy (non-hydrogen) atoms. The Balaban J connectivity index is 1.32. The Bertz CT molecular complexity index is 1190. The molecule has 1 N–H and O–H groups in total. The van der Waals surface area contributed by atoms with Crippen LogP contribution in [-0.2, 0) is 20.0 Å². The minimum atomic E-state index is -0.272. The number of rotatable bonds is 6. The van der Waals surface area contributed by atoms with E-state index in [1.807, 2.05) is 31.2 Å². The van der Waals surface area contributed by atoms with Crippen molar-refractivity contribution < 1.29 is 14.3 Å². The minimum absolute atomic E-state index is 0.0655. The molecule has 1 atom stereocenters. The first-order valence-electron chi connectivity index (χ1n) is 11.5. The summed E-state index contributed by atoms with van der Waals surface area (Å²) in [4.78, 5) is 32.4. The van der Waals surface area contributed by atoms with Crippen LogP contribution in [0, 0.1) is 0 Å². The molecule has 2 aromatic heterocycles. The Morgan fingerprint density at radius 1 is 1.21 bits per heavy atom.